The van der Waals surface area contributed by atoms with E-state index in [1.54, 1.807) is 6.07 Å². The lowest BCUT2D eigenvalue weighted by molar-refractivity contribution is 0.0703. The van der Waals surface area contributed by atoms with Crippen LogP contribution in [0.15, 0.2) is 18.2 Å². The number of aliphatic hydroxyl groups excluding tert-OH is 1. The zero-order valence-corrected chi connectivity index (χ0v) is 11.9. The lowest BCUT2D eigenvalue weighted by Gasteiger charge is -2.22. The third-order valence-electron chi connectivity index (χ3n) is 3.90. The van der Waals surface area contributed by atoms with E-state index in [0.29, 0.717) is 13.2 Å². The third kappa shape index (κ3) is 3.23. The fourth-order valence-electron chi connectivity index (χ4n) is 2.91. The number of imidazole rings is 1. The molecule has 114 valence electrons. The molecule has 1 aromatic heterocycles. The fraction of sp³-hybridized carbons (Fsp3) is 0.533. The van der Waals surface area contributed by atoms with E-state index < -0.39 is 0 Å². The van der Waals surface area contributed by atoms with Crippen molar-refractivity contribution in [3.8, 4) is 0 Å². The van der Waals surface area contributed by atoms with Gasteiger partial charge in [-0.25, -0.2) is 9.37 Å². The first-order valence-corrected chi connectivity index (χ1v) is 7.36. The molecule has 0 radical (unpaired) electrons. The predicted octanol–water partition coefficient (Wildman–Crippen LogP) is 1.85. The number of nitrogens with one attached hydrogen (secondary N) is 1. The minimum absolute atomic E-state index is 0.0541. The maximum atomic E-state index is 13.2. The number of fused-ring (bicyclic) bond motifs is 1. The Balaban J connectivity index is 1.70. The third-order valence-corrected chi connectivity index (χ3v) is 3.90. The summed E-state index contributed by atoms with van der Waals surface area (Å²) in [5.74, 6) is 0.647. The van der Waals surface area contributed by atoms with Gasteiger partial charge in [-0.3, -0.25) is 4.90 Å². The van der Waals surface area contributed by atoms with Crippen molar-refractivity contribution in [2.24, 2.45) is 0 Å². The Hall–Kier alpha value is -1.50. The van der Waals surface area contributed by atoms with Crippen molar-refractivity contribution in [1.82, 2.24) is 14.9 Å². The summed E-state index contributed by atoms with van der Waals surface area (Å²) in [4.78, 5) is 10.1. The number of nitrogens with zero attached hydrogens (tertiary/aromatic N) is 2. The number of aromatic amines is 1. The molecular formula is C15H20FN3O2. The number of likely N-dealkylation sites (tertiary alicyclic amines) is 1. The molecule has 3 rings (SSSR count). The van der Waals surface area contributed by atoms with E-state index in [1.807, 2.05) is 0 Å². The van der Waals surface area contributed by atoms with E-state index in [9.17, 15) is 4.39 Å². The Morgan fingerprint density at radius 1 is 1.43 bits per heavy atom. The summed E-state index contributed by atoms with van der Waals surface area (Å²) in [6.45, 7) is 2.86. The van der Waals surface area contributed by atoms with E-state index in [4.69, 9.17) is 9.84 Å². The van der Waals surface area contributed by atoms with Gasteiger partial charge in [0, 0.05) is 6.54 Å². The molecule has 2 aromatic rings. The topological polar surface area (TPSA) is 61.4 Å². The molecule has 1 aliphatic rings. The number of aromatic nitrogens is 2. The summed E-state index contributed by atoms with van der Waals surface area (Å²) in [6.07, 6.45) is 2.17. The summed E-state index contributed by atoms with van der Waals surface area (Å²) < 4.78 is 18.6. The Morgan fingerprint density at radius 3 is 3.19 bits per heavy atom. The lowest BCUT2D eigenvalue weighted by Crippen LogP contribution is -2.28. The zero-order valence-electron chi connectivity index (χ0n) is 11.9. The second-order valence-corrected chi connectivity index (χ2v) is 5.31. The summed E-state index contributed by atoms with van der Waals surface area (Å²) in [5.41, 5.74) is 1.54. The van der Waals surface area contributed by atoms with Gasteiger partial charge in [0.25, 0.3) is 0 Å². The first-order chi connectivity index (χ1) is 10.3. The normalized spacial score (nSPS) is 19.6. The summed E-state index contributed by atoms with van der Waals surface area (Å²) in [7, 11) is 0. The zero-order chi connectivity index (χ0) is 14.7. The Bertz CT molecular complexity index is 602. The SMILES string of the molecule is OCCOCCN1CCCC1c1nc2ccc(F)cc2[nH]1. The molecule has 21 heavy (non-hydrogen) atoms. The number of aliphatic hydroxyl groups is 1. The number of halogens is 1. The minimum Gasteiger partial charge on any atom is -0.394 e. The fourth-order valence-corrected chi connectivity index (χ4v) is 2.91. The smallest absolute Gasteiger partial charge is 0.125 e. The molecule has 1 aromatic carbocycles. The van der Waals surface area contributed by atoms with Crippen LogP contribution >= 0.6 is 0 Å². The molecule has 0 aliphatic carbocycles. The Labute approximate surface area is 122 Å². The van der Waals surface area contributed by atoms with E-state index in [0.717, 1.165) is 42.8 Å². The average molecular weight is 293 g/mol. The molecule has 1 unspecified atom stereocenters. The first kappa shape index (κ1) is 14.4. The highest BCUT2D eigenvalue weighted by Crippen LogP contribution is 2.31. The predicted molar refractivity (Wildman–Crippen MR) is 77.5 cm³/mol. The van der Waals surface area contributed by atoms with Gasteiger partial charge in [-0.2, -0.15) is 0 Å². The molecular weight excluding hydrogens is 273 g/mol. The van der Waals surface area contributed by atoms with E-state index in [1.165, 1.54) is 12.1 Å². The van der Waals surface area contributed by atoms with Crippen LogP contribution < -0.4 is 0 Å². The van der Waals surface area contributed by atoms with Crippen LogP contribution in [0.2, 0.25) is 0 Å². The van der Waals surface area contributed by atoms with E-state index in [2.05, 4.69) is 14.9 Å². The molecule has 0 amide bonds. The highest BCUT2D eigenvalue weighted by Gasteiger charge is 2.28. The van der Waals surface area contributed by atoms with Crippen LogP contribution in [0.4, 0.5) is 4.39 Å². The van der Waals surface area contributed by atoms with Gasteiger partial charge in [0.15, 0.2) is 0 Å². The van der Waals surface area contributed by atoms with Crippen LogP contribution in [0.25, 0.3) is 11.0 Å². The van der Waals surface area contributed by atoms with Crippen molar-refractivity contribution in [2.45, 2.75) is 18.9 Å². The van der Waals surface area contributed by atoms with E-state index in [-0.39, 0.29) is 18.5 Å². The molecule has 1 aliphatic heterocycles. The van der Waals surface area contributed by atoms with Gasteiger partial charge in [-0.15, -0.1) is 0 Å². The Morgan fingerprint density at radius 2 is 2.33 bits per heavy atom. The summed E-state index contributed by atoms with van der Waals surface area (Å²) in [6, 6.07) is 4.85. The molecule has 1 atom stereocenters. The van der Waals surface area contributed by atoms with Crippen molar-refractivity contribution in [3.05, 3.63) is 29.8 Å². The second-order valence-electron chi connectivity index (χ2n) is 5.31. The maximum absolute atomic E-state index is 13.2. The van der Waals surface area contributed by atoms with Crippen LogP contribution in [-0.2, 0) is 4.74 Å². The molecule has 6 heteroatoms. The van der Waals surface area contributed by atoms with Crippen molar-refractivity contribution in [3.63, 3.8) is 0 Å². The van der Waals surface area contributed by atoms with Gasteiger partial charge < -0.3 is 14.8 Å². The molecule has 0 bridgehead atoms. The average Bonchev–Trinajstić information content (AvgIpc) is 3.08. The van der Waals surface area contributed by atoms with Gasteiger partial charge in [-0.05, 0) is 37.6 Å². The molecule has 0 saturated carbocycles. The number of hydrogen-bond acceptors (Lipinski definition) is 4. The Kier molecular flexibility index (Phi) is 4.48. The van der Waals surface area contributed by atoms with Gasteiger partial charge in [0.2, 0.25) is 0 Å². The van der Waals surface area contributed by atoms with Gasteiger partial charge in [0.1, 0.15) is 11.6 Å². The highest BCUT2D eigenvalue weighted by molar-refractivity contribution is 5.75. The summed E-state index contributed by atoms with van der Waals surface area (Å²) >= 11 is 0. The monoisotopic (exact) mass is 293 g/mol. The van der Waals surface area contributed by atoms with Crippen molar-refractivity contribution < 1.29 is 14.2 Å². The standard InChI is InChI=1S/C15H20FN3O2/c16-11-3-4-12-13(10-11)18-15(17-12)14-2-1-5-19(14)6-8-21-9-7-20/h3-4,10,14,20H,1-2,5-9H2,(H,17,18). The quantitative estimate of drug-likeness (QED) is 0.798. The number of H-pyrrole nitrogens is 1. The highest BCUT2D eigenvalue weighted by atomic mass is 19.1. The van der Waals surface area contributed by atoms with Gasteiger partial charge >= 0.3 is 0 Å². The molecule has 0 spiro atoms. The van der Waals surface area contributed by atoms with Gasteiger partial charge in [0.05, 0.1) is 36.9 Å². The van der Waals surface area contributed by atoms with Crippen molar-refractivity contribution in [2.75, 3.05) is 32.9 Å². The maximum Gasteiger partial charge on any atom is 0.125 e. The minimum atomic E-state index is -0.251. The summed E-state index contributed by atoms with van der Waals surface area (Å²) in [5, 5.41) is 8.71. The van der Waals surface area contributed by atoms with Crippen LogP contribution in [-0.4, -0.2) is 52.9 Å². The van der Waals surface area contributed by atoms with E-state index >= 15 is 0 Å². The second kappa shape index (κ2) is 6.51. The molecule has 2 heterocycles. The van der Waals surface area contributed by atoms with Crippen LogP contribution in [0.5, 0.6) is 0 Å². The lowest BCUT2D eigenvalue weighted by atomic mass is 10.2. The molecule has 1 saturated heterocycles. The number of ether oxygens (including phenoxy) is 1. The molecule has 1 fully saturated rings. The van der Waals surface area contributed by atoms with Crippen molar-refractivity contribution in [1.29, 1.82) is 0 Å². The number of hydrogen-bond donors (Lipinski definition) is 2. The first-order valence-electron chi connectivity index (χ1n) is 7.36. The largest absolute Gasteiger partial charge is 0.394 e. The molecule has 2 N–H and O–H groups in total. The van der Waals surface area contributed by atoms with Crippen molar-refractivity contribution >= 4 is 11.0 Å². The van der Waals surface area contributed by atoms with Gasteiger partial charge in [-0.1, -0.05) is 0 Å². The van der Waals surface area contributed by atoms with Crippen LogP contribution in [0, 0.1) is 5.82 Å². The van der Waals surface area contributed by atoms with Crippen LogP contribution in [0.3, 0.4) is 0 Å². The number of rotatable bonds is 6. The number of benzene rings is 1. The molecule has 5 nitrogen and oxygen atoms in total. The van der Waals surface area contributed by atoms with Crippen LogP contribution in [0.1, 0.15) is 24.7 Å².